The van der Waals surface area contributed by atoms with E-state index in [1.54, 1.807) is 18.3 Å². The number of nitrogens with zero attached hydrogens (tertiary/aromatic N) is 2. The molecule has 0 amide bonds. The van der Waals surface area contributed by atoms with Crippen molar-refractivity contribution in [3.63, 3.8) is 0 Å². The van der Waals surface area contributed by atoms with Crippen LogP contribution in [0.1, 0.15) is 0 Å². The molecule has 0 saturated heterocycles. The van der Waals surface area contributed by atoms with Crippen LogP contribution in [0.4, 0.5) is 5.69 Å². The van der Waals surface area contributed by atoms with E-state index in [0.29, 0.717) is 10.7 Å². The summed E-state index contributed by atoms with van der Waals surface area (Å²) in [7, 11) is 0. The number of anilines is 1. The Morgan fingerprint density at radius 3 is 2.85 bits per heavy atom. The Bertz CT molecular complexity index is 413. The maximum Gasteiger partial charge on any atom is 0.104 e. The predicted octanol–water partition coefficient (Wildman–Crippen LogP) is 2.44. The van der Waals surface area contributed by atoms with Gasteiger partial charge in [-0.05, 0) is 12.1 Å². The smallest absolute Gasteiger partial charge is 0.104 e. The minimum absolute atomic E-state index is 0.547. The molecule has 0 spiro atoms. The molecule has 2 aromatic rings. The second-order valence-corrected chi connectivity index (χ2v) is 3.49. The summed E-state index contributed by atoms with van der Waals surface area (Å²) >= 11 is 7.03. The van der Waals surface area contributed by atoms with Crippen molar-refractivity contribution in [1.82, 2.24) is 8.75 Å². The summed E-state index contributed by atoms with van der Waals surface area (Å²) in [5.74, 6) is 0. The molecule has 0 unspecified atom stereocenters. The van der Waals surface area contributed by atoms with Gasteiger partial charge in [-0.3, -0.25) is 0 Å². The second-order valence-electron chi connectivity index (χ2n) is 2.53. The first kappa shape index (κ1) is 8.47. The van der Waals surface area contributed by atoms with Gasteiger partial charge in [0, 0.05) is 5.56 Å². The summed E-state index contributed by atoms with van der Waals surface area (Å²) < 4.78 is 8.00. The summed E-state index contributed by atoms with van der Waals surface area (Å²) in [6, 6.07) is 5.42. The van der Waals surface area contributed by atoms with E-state index >= 15 is 0 Å². The van der Waals surface area contributed by atoms with Crippen LogP contribution in [0.3, 0.4) is 0 Å². The van der Waals surface area contributed by atoms with Crippen molar-refractivity contribution in [3.8, 4) is 11.3 Å². The van der Waals surface area contributed by atoms with E-state index < -0.39 is 0 Å². The van der Waals surface area contributed by atoms with Crippen molar-refractivity contribution in [3.05, 3.63) is 29.4 Å². The topological polar surface area (TPSA) is 51.8 Å². The highest BCUT2D eigenvalue weighted by molar-refractivity contribution is 6.99. The molecular weight excluding hydrogens is 206 g/mol. The first-order chi connectivity index (χ1) is 6.27. The summed E-state index contributed by atoms with van der Waals surface area (Å²) in [5, 5.41) is 0.547. The van der Waals surface area contributed by atoms with Crippen LogP contribution >= 0.6 is 23.3 Å². The van der Waals surface area contributed by atoms with Crippen molar-refractivity contribution in [2.24, 2.45) is 0 Å². The van der Waals surface area contributed by atoms with Gasteiger partial charge in [0.05, 0.1) is 28.6 Å². The molecule has 2 N–H and O–H groups in total. The molecule has 0 bridgehead atoms. The van der Waals surface area contributed by atoms with Crippen molar-refractivity contribution in [2.45, 2.75) is 0 Å². The zero-order chi connectivity index (χ0) is 9.26. The fourth-order valence-electron chi connectivity index (χ4n) is 0.978. The number of aromatic nitrogens is 2. The number of halogens is 1. The molecule has 0 aliphatic carbocycles. The molecule has 66 valence electrons. The van der Waals surface area contributed by atoms with Crippen LogP contribution in [0.25, 0.3) is 11.3 Å². The van der Waals surface area contributed by atoms with Crippen molar-refractivity contribution in [1.29, 1.82) is 0 Å². The summed E-state index contributed by atoms with van der Waals surface area (Å²) in [4.78, 5) is 0. The molecule has 0 saturated carbocycles. The van der Waals surface area contributed by atoms with Crippen LogP contribution in [-0.2, 0) is 0 Å². The Labute approximate surface area is 84.5 Å². The maximum absolute atomic E-state index is 5.86. The van der Waals surface area contributed by atoms with Gasteiger partial charge in [-0.25, -0.2) is 0 Å². The molecule has 0 radical (unpaired) electrons. The van der Waals surface area contributed by atoms with E-state index in [4.69, 9.17) is 17.3 Å². The van der Waals surface area contributed by atoms with Crippen molar-refractivity contribution >= 4 is 29.0 Å². The van der Waals surface area contributed by atoms with Gasteiger partial charge in [-0.15, -0.1) is 0 Å². The molecule has 3 nitrogen and oxygen atoms in total. The summed E-state index contributed by atoms with van der Waals surface area (Å²) in [6.45, 7) is 0. The Hall–Kier alpha value is -1.13. The van der Waals surface area contributed by atoms with Crippen LogP contribution in [0.5, 0.6) is 0 Å². The first-order valence-corrected chi connectivity index (χ1v) is 4.71. The monoisotopic (exact) mass is 211 g/mol. The normalized spacial score (nSPS) is 10.2. The van der Waals surface area contributed by atoms with Crippen LogP contribution in [0, 0.1) is 0 Å². The van der Waals surface area contributed by atoms with Crippen molar-refractivity contribution in [2.75, 3.05) is 5.73 Å². The maximum atomic E-state index is 5.86. The van der Waals surface area contributed by atoms with Crippen LogP contribution in [0.2, 0.25) is 5.02 Å². The highest BCUT2D eigenvalue weighted by atomic mass is 35.5. The van der Waals surface area contributed by atoms with E-state index in [2.05, 4.69) is 8.75 Å². The van der Waals surface area contributed by atoms with Crippen molar-refractivity contribution < 1.29 is 0 Å². The Morgan fingerprint density at radius 2 is 2.23 bits per heavy atom. The zero-order valence-electron chi connectivity index (χ0n) is 6.57. The molecule has 5 heteroatoms. The van der Waals surface area contributed by atoms with Gasteiger partial charge < -0.3 is 5.73 Å². The highest BCUT2D eigenvalue weighted by Gasteiger charge is 2.02. The largest absolute Gasteiger partial charge is 0.398 e. The molecule has 0 atom stereocenters. The molecular formula is C8H6ClN3S. The number of hydrogen-bond donors (Lipinski definition) is 1. The zero-order valence-corrected chi connectivity index (χ0v) is 8.14. The molecule has 2 rings (SSSR count). The fourth-order valence-corrected chi connectivity index (χ4v) is 1.59. The lowest BCUT2D eigenvalue weighted by Crippen LogP contribution is -1.86. The van der Waals surface area contributed by atoms with Gasteiger partial charge in [0.15, 0.2) is 0 Å². The molecule has 1 aromatic heterocycles. The van der Waals surface area contributed by atoms with Crippen LogP contribution in [0.15, 0.2) is 24.4 Å². The molecule has 13 heavy (non-hydrogen) atoms. The van der Waals surface area contributed by atoms with Crippen LogP contribution in [-0.4, -0.2) is 8.75 Å². The minimum atomic E-state index is 0.547. The van der Waals surface area contributed by atoms with Gasteiger partial charge in [-0.2, -0.15) is 8.75 Å². The van der Waals surface area contributed by atoms with E-state index in [-0.39, 0.29) is 0 Å². The lowest BCUT2D eigenvalue weighted by molar-refractivity contribution is 1.49. The lowest BCUT2D eigenvalue weighted by Gasteiger charge is -1.99. The first-order valence-electron chi connectivity index (χ1n) is 3.60. The number of nitrogens with two attached hydrogens (primary N) is 1. The molecule has 1 aromatic carbocycles. The van der Waals surface area contributed by atoms with E-state index in [9.17, 15) is 0 Å². The van der Waals surface area contributed by atoms with Gasteiger partial charge in [-0.1, -0.05) is 17.7 Å². The van der Waals surface area contributed by atoms with E-state index in [0.717, 1.165) is 11.3 Å². The van der Waals surface area contributed by atoms with E-state index in [1.165, 1.54) is 11.7 Å². The third kappa shape index (κ3) is 1.64. The summed E-state index contributed by atoms with van der Waals surface area (Å²) in [6.07, 6.45) is 1.70. The fraction of sp³-hybridized carbons (Fsp3) is 0. The third-order valence-electron chi connectivity index (χ3n) is 1.66. The Kier molecular flexibility index (Phi) is 2.16. The van der Waals surface area contributed by atoms with Crippen LogP contribution < -0.4 is 5.73 Å². The number of benzene rings is 1. The number of rotatable bonds is 1. The molecule has 0 aliphatic rings. The molecule has 1 heterocycles. The predicted molar refractivity (Wildman–Crippen MR) is 54.8 cm³/mol. The lowest BCUT2D eigenvalue weighted by atomic mass is 10.1. The quantitative estimate of drug-likeness (QED) is 0.738. The van der Waals surface area contributed by atoms with Gasteiger partial charge >= 0.3 is 0 Å². The summed E-state index contributed by atoms with van der Waals surface area (Å²) in [5.41, 5.74) is 7.92. The third-order valence-corrected chi connectivity index (χ3v) is 2.46. The second kappa shape index (κ2) is 3.32. The molecule has 0 fully saturated rings. The minimum Gasteiger partial charge on any atom is -0.398 e. The van der Waals surface area contributed by atoms with Gasteiger partial charge in [0.1, 0.15) is 5.69 Å². The SMILES string of the molecule is Nc1ccc(-c2cnsn2)cc1Cl. The average molecular weight is 212 g/mol. The Balaban J connectivity index is 2.49. The number of nitrogen functional groups attached to an aromatic ring is 1. The average Bonchev–Trinajstić information content (AvgIpc) is 2.62. The standard InChI is InChI=1S/C8H6ClN3S/c9-6-3-5(1-2-7(6)10)8-4-11-13-12-8/h1-4H,10H2. The molecule has 0 aliphatic heterocycles. The van der Waals surface area contributed by atoms with E-state index in [1.807, 2.05) is 6.07 Å². The highest BCUT2D eigenvalue weighted by Crippen LogP contribution is 2.25. The van der Waals surface area contributed by atoms with Gasteiger partial charge in [0.25, 0.3) is 0 Å². The number of hydrogen-bond acceptors (Lipinski definition) is 4. The van der Waals surface area contributed by atoms with Gasteiger partial charge in [0.2, 0.25) is 0 Å². The Morgan fingerprint density at radius 1 is 1.38 bits per heavy atom.